The molecule has 0 bridgehead atoms. The number of hydrogen-bond acceptors (Lipinski definition) is 8. The lowest BCUT2D eigenvalue weighted by atomic mass is 9.97. The van der Waals surface area contributed by atoms with Crippen LogP contribution in [0.2, 0.25) is 0 Å². The van der Waals surface area contributed by atoms with E-state index in [2.05, 4.69) is 29.6 Å². The highest BCUT2D eigenvalue weighted by Gasteiger charge is 2.32. The molecule has 1 N–H and O–H groups in total. The number of rotatable bonds is 15. The van der Waals surface area contributed by atoms with Crippen molar-refractivity contribution < 1.29 is 38.1 Å². The first-order valence-corrected chi connectivity index (χ1v) is 20.8. The van der Waals surface area contributed by atoms with Crippen LogP contribution in [0.1, 0.15) is 80.8 Å². The molecule has 63 heavy (non-hydrogen) atoms. The van der Waals surface area contributed by atoms with Gasteiger partial charge in [-0.2, -0.15) is 0 Å². The van der Waals surface area contributed by atoms with E-state index >= 15 is 4.79 Å². The number of ether oxygens (including phenoxy) is 5. The van der Waals surface area contributed by atoms with Crippen LogP contribution >= 0.6 is 0 Å². The fraction of sp³-hybridized carbons (Fsp3) is 0.167. The number of esters is 1. The number of anilines is 1. The number of hydrogen-bond donors (Lipinski definition) is 1. The van der Waals surface area contributed by atoms with Crippen LogP contribution in [0.5, 0.6) is 17.2 Å². The highest BCUT2D eigenvalue weighted by molar-refractivity contribution is 6.18. The third kappa shape index (κ3) is 10.1. The van der Waals surface area contributed by atoms with Crippen molar-refractivity contribution in [2.24, 2.45) is 0 Å². The summed E-state index contributed by atoms with van der Waals surface area (Å²) in [7, 11) is 0. The molecule has 7 aromatic rings. The second kappa shape index (κ2) is 19.0. The number of carbonyl (C=O) groups is 3. The highest BCUT2D eigenvalue weighted by Crippen LogP contribution is 2.45. The molecule has 9 nitrogen and oxygen atoms in total. The Morgan fingerprint density at radius 1 is 0.524 bits per heavy atom. The summed E-state index contributed by atoms with van der Waals surface area (Å²) < 4.78 is 31.1. The van der Waals surface area contributed by atoms with Crippen molar-refractivity contribution in [2.45, 2.75) is 52.1 Å². The van der Waals surface area contributed by atoms with Crippen molar-refractivity contribution in [1.29, 1.82) is 0 Å². The van der Waals surface area contributed by atoms with Gasteiger partial charge in [0.25, 0.3) is 0 Å². The first-order chi connectivity index (χ1) is 30.6. The van der Waals surface area contributed by atoms with E-state index in [0.717, 1.165) is 38.9 Å². The fourth-order valence-electron chi connectivity index (χ4n) is 7.56. The highest BCUT2D eigenvalue weighted by atomic mass is 16.6. The Morgan fingerprint density at radius 3 is 1.48 bits per heavy atom. The molecule has 0 saturated carbocycles. The molecular formula is C54H47NO8. The van der Waals surface area contributed by atoms with Crippen LogP contribution in [0.15, 0.2) is 170 Å². The molecule has 0 aliphatic heterocycles. The average molecular weight is 838 g/mol. The Hall–Kier alpha value is -7.65. The number of amides is 1. The molecule has 1 aliphatic rings. The molecule has 0 radical (unpaired) electrons. The van der Waals surface area contributed by atoms with Gasteiger partial charge in [-0.15, -0.1) is 0 Å². The van der Waals surface area contributed by atoms with Crippen LogP contribution in [0, 0.1) is 0 Å². The Bertz CT molecular complexity index is 2620. The van der Waals surface area contributed by atoms with Gasteiger partial charge in [-0.3, -0.25) is 10.1 Å². The summed E-state index contributed by atoms with van der Waals surface area (Å²) in [5.41, 5.74) is 6.37. The Kier molecular flexibility index (Phi) is 12.7. The predicted molar refractivity (Wildman–Crippen MR) is 242 cm³/mol. The molecule has 0 aromatic heterocycles. The summed E-state index contributed by atoms with van der Waals surface area (Å²) >= 11 is 0. The monoisotopic (exact) mass is 837 g/mol. The lowest BCUT2D eigenvalue weighted by molar-refractivity contribution is 0.00681. The Labute approximate surface area is 367 Å². The van der Waals surface area contributed by atoms with Crippen molar-refractivity contribution in [1.82, 2.24) is 0 Å². The lowest BCUT2D eigenvalue weighted by Crippen LogP contribution is -2.24. The van der Waals surface area contributed by atoms with Crippen LogP contribution < -0.4 is 19.5 Å². The first kappa shape index (κ1) is 42.1. The summed E-state index contributed by atoms with van der Waals surface area (Å²) in [5, 5.41) is 2.86. The average Bonchev–Trinajstić information content (AvgIpc) is 3.62. The van der Waals surface area contributed by atoms with Crippen molar-refractivity contribution in [3.05, 3.63) is 214 Å². The molecule has 7 aromatic carbocycles. The zero-order chi connectivity index (χ0) is 43.8. The molecule has 0 unspecified atom stereocenters. The molecule has 1 aliphatic carbocycles. The summed E-state index contributed by atoms with van der Waals surface area (Å²) in [5.74, 6) is -1.06. The Morgan fingerprint density at radius 2 is 0.984 bits per heavy atom. The molecule has 0 fully saturated rings. The van der Waals surface area contributed by atoms with Gasteiger partial charge in [0.05, 0.1) is 16.8 Å². The van der Waals surface area contributed by atoms with Gasteiger partial charge in [-0.25, -0.2) is 9.59 Å². The maximum Gasteiger partial charge on any atom is 0.411 e. The zero-order valence-corrected chi connectivity index (χ0v) is 35.3. The minimum atomic E-state index is -0.809. The maximum atomic E-state index is 15.5. The van der Waals surface area contributed by atoms with E-state index in [-0.39, 0.29) is 72.0 Å². The van der Waals surface area contributed by atoms with Crippen LogP contribution in [0.4, 0.5) is 10.5 Å². The van der Waals surface area contributed by atoms with Crippen LogP contribution in [-0.4, -0.2) is 30.1 Å². The molecule has 0 spiro atoms. The van der Waals surface area contributed by atoms with Crippen LogP contribution in [0.3, 0.4) is 0 Å². The number of ketones is 1. The second-order valence-electron chi connectivity index (χ2n) is 16.1. The molecule has 0 atom stereocenters. The van der Waals surface area contributed by atoms with E-state index in [9.17, 15) is 9.59 Å². The first-order valence-electron chi connectivity index (χ1n) is 20.8. The quantitative estimate of drug-likeness (QED) is 0.0803. The fourth-order valence-corrected chi connectivity index (χ4v) is 7.56. The van der Waals surface area contributed by atoms with E-state index in [1.165, 1.54) is 12.1 Å². The number of benzene rings is 7. The van der Waals surface area contributed by atoms with Crippen molar-refractivity contribution in [2.75, 3.05) is 11.9 Å². The largest absolute Gasteiger partial charge is 0.488 e. The van der Waals surface area contributed by atoms with E-state index in [1.54, 1.807) is 39.0 Å². The van der Waals surface area contributed by atoms with Gasteiger partial charge in [0.15, 0.2) is 0 Å². The van der Waals surface area contributed by atoms with Crippen molar-refractivity contribution in [3.8, 4) is 28.4 Å². The number of nitrogens with one attached hydrogen (secondary N) is 1. The maximum absolute atomic E-state index is 15.5. The normalized spacial score (nSPS) is 11.8. The minimum absolute atomic E-state index is 0.0144. The third-order valence-corrected chi connectivity index (χ3v) is 10.5. The van der Waals surface area contributed by atoms with Gasteiger partial charge >= 0.3 is 12.1 Å². The van der Waals surface area contributed by atoms with Gasteiger partial charge in [0.1, 0.15) is 54.8 Å². The summed E-state index contributed by atoms with van der Waals surface area (Å²) in [6.07, 6.45) is -0.757. The van der Waals surface area contributed by atoms with Crippen molar-refractivity contribution in [3.63, 3.8) is 0 Å². The zero-order valence-electron chi connectivity index (χ0n) is 35.3. The molecule has 8 rings (SSSR count). The summed E-state index contributed by atoms with van der Waals surface area (Å²) in [6, 6.07) is 52.6. The lowest BCUT2D eigenvalue weighted by Gasteiger charge is -2.22. The van der Waals surface area contributed by atoms with Gasteiger partial charge < -0.3 is 23.7 Å². The third-order valence-electron chi connectivity index (χ3n) is 10.5. The molecule has 1 amide bonds. The smallest absolute Gasteiger partial charge is 0.411 e. The van der Waals surface area contributed by atoms with Gasteiger partial charge in [-0.05, 0) is 84.0 Å². The van der Waals surface area contributed by atoms with Crippen molar-refractivity contribution >= 4 is 23.5 Å². The SMILES string of the molecule is CC(C)(C)OC(=O)c1cc(OCc2ccccc2)c(C(=O)c2c(NC(=O)OCC3c4ccccc4-c4ccccc43)cccc2OCc2ccccc2)c(OCc2ccccc2)c1. The van der Waals surface area contributed by atoms with E-state index in [4.69, 9.17) is 23.7 Å². The molecular weight excluding hydrogens is 791 g/mol. The van der Waals surface area contributed by atoms with Gasteiger partial charge in [0.2, 0.25) is 5.78 Å². The number of fused-ring (bicyclic) bond motifs is 3. The Balaban J connectivity index is 1.19. The van der Waals surface area contributed by atoms with Gasteiger partial charge in [-0.1, -0.05) is 146 Å². The summed E-state index contributed by atoms with van der Waals surface area (Å²) in [4.78, 5) is 43.2. The molecule has 316 valence electrons. The standard InChI is InChI=1S/C54H47NO8/c1-54(2,3)63-52(57)39-30-47(60-33-37-20-9-5-10-21-37)50(48(31-39)61-34-38-22-11-6-12-23-38)51(56)49-45(28-17-29-46(49)59-32-36-18-7-4-8-19-36)55-53(58)62-35-44-42-26-15-13-24-40(42)41-25-14-16-27-43(41)44/h4-31,44H,32-35H2,1-3H3,(H,55,58). The number of carbonyl (C=O) groups excluding carboxylic acids is 3. The molecule has 9 heteroatoms. The summed E-state index contributed by atoms with van der Waals surface area (Å²) in [6.45, 7) is 5.65. The topological polar surface area (TPSA) is 109 Å². The molecule has 0 saturated heterocycles. The van der Waals surface area contributed by atoms with Gasteiger partial charge in [0, 0.05) is 5.92 Å². The van der Waals surface area contributed by atoms with E-state index in [1.807, 2.05) is 115 Å². The van der Waals surface area contributed by atoms with E-state index in [0.29, 0.717) is 0 Å². The molecule has 0 heterocycles. The van der Waals surface area contributed by atoms with E-state index < -0.39 is 23.4 Å². The second-order valence-corrected chi connectivity index (χ2v) is 16.1. The predicted octanol–water partition coefficient (Wildman–Crippen LogP) is 12.0. The van der Waals surface area contributed by atoms with Crippen LogP contribution in [0.25, 0.3) is 11.1 Å². The minimum Gasteiger partial charge on any atom is -0.488 e. The van der Waals surface area contributed by atoms with Crippen LogP contribution in [-0.2, 0) is 29.3 Å².